The molecule has 0 saturated heterocycles. The summed E-state index contributed by atoms with van der Waals surface area (Å²) in [6.45, 7) is 4.72. The molecule has 24 heavy (non-hydrogen) atoms. The number of rotatable bonds is 6. The summed E-state index contributed by atoms with van der Waals surface area (Å²) in [5.41, 5.74) is 1.95. The lowest BCUT2D eigenvalue weighted by molar-refractivity contribution is -0.113. The lowest BCUT2D eigenvalue weighted by Crippen LogP contribution is -2.14. The second kappa shape index (κ2) is 7.35. The molecule has 2 heterocycles. The lowest BCUT2D eigenvalue weighted by Gasteiger charge is -2.07. The van der Waals surface area contributed by atoms with Crippen molar-refractivity contribution in [2.45, 2.75) is 25.5 Å². The predicted molar refractivity (Wildman–Crippen MR) is 93.9 cm³/mol. The molecule has 0 unspecified atom stereocenters. The molecule has 3 aromatic rings. The van der Waals surface area contributed by atoms with Gasteiger partial charge in [-0.25, -0.2) is 0 Å². The molecule has 0 atom stereocenters. The maximum Gasteiger partial charge on any atom is 0.234 e. The van der Waals surface area contributed by atoms with Crippen molar-refractivity contribution in [3.05, 3.63) is 48.2 Å². The number of hydrogen-bond donors (Lipinski definition) is 1. The highest BCUT2D eigenvalue weighted by molar-refractivity contribution is 7.99. The zero-order valence-corrected chi connectivity index (χ0v) is 14.3. The van der Waals surface area contributed by atoms with Gasteiger partial charge in [-0.1, -0.05) is 29.5 Å². The zero-order valence-electron chi connectivity index (χ0n) is 13.5. The van der Waals surface area contributed by atoms with Crippen molar-refractivity contribution in [2.75, 3.05) is 11.1 Å². The molecule has 2 aromatic heterocycles. The number of thioether (sulfide) groups is 1. The van der Waals surface area contributed by atoms with E-state index in [2.05, 4.69) is 15.5 Å². The Morgan fingerprint density at radius 2 is 2.04 bits per heavy atom. The zero-order chi connectivity index (χ0) is 16.9. The van der Waals surface area contributed by atoms with E-state index in [9.17, 15) is 4.79 Å². The van der Waals surface area contributed by atoms with Crippen molar-refractivity contribution in [3.8, 4) is 11.6 Å². The van der Waals surface area contributed by atoms with Gasteiger partial charge in [0.15, 0.2) is 16.7 Å². The molecule has 7 heteroatoms. The average molecular weight is 342 g/mol. The maximum atomic E-state index is 12.1. The van der Waals surface area contributed by atoms with E-state index in [1.807, 2.05) is 54.8 Å². The van der Waals surface area contributed by atoms with Gasteiger partial charge >= 0.3 is 0 Å². The molecular weight excluding hydrogens is 324 g/mol. The molecule has 0 aliphatic rings. The Hall–Kier alpha value is -2.54. The first-order valence-electron chi connectivity index (χ1n) is 7.63. The first-order valence-corrected chi connectivity index (χ1v) is 8.62. The number of carbonyl (C=O) groups is 1. The summed E-state index contributed by atoms with van der Waals surface area (Å²) in [7, 11) is 0. The van der Waals surface area contributed by atoms with E-state index in [4.69, 9.17) is 4.42 Å². The fourth-order valence-corrected chi connectivity index (χ4v) is 3.03. The van der Waals surface area contributed by atoms with Gasteiger partial charge in [0.05, 0.1) is 12.0 Å². The van der Waals surface area contributed by atoms with E-state index >= 15 is 0 Å². The summed E-state index contributed by atoms with van der Waals surface area (Å²) < 4.78 is 7.31. The van der Waals surface area contributed by atoms with Gasteiger partial charge in [0.2, 0.25) is 5.91 Å². The monoisotopic (exact) mass is 342 g/mol. The van der Waals surface area contributed by atoms with Gasteiger partial charge in [-0.3, -0.25) is 9.36 Å². The molecule has 124 valence electrons. The summed E-state index contributed by atoms with van der Waals surface area (Å²) in [6.07, 6.45) is 1.60. The van der Waals surface area contributed by atoms with Crippen LogP contribution in [0.3, 0.4) is 0 Å². The quantitative estimate of drug-likeness (QED) is 0.693. The second-order valence-electron chi connectivity index (χ2n) is 5.23. The smallest absolute Gasteiger partial charge is 0.234 e. The van der Waals surface area contributed by atoms with E-state index in [0.29, 0.717) is 23.3 Å². The van der Waals surface area contributed by atoms with E-state index < -0.39 is 0 Å². The van der Waals surface area contributed by atoms with Crippen LogP contribution in [0, 0.1) is 6.92 Å². The highest BCUT2D eigenvalue weighted by atomic mass is 32.2. The predicted octanol–water partition coefficient (Wildman–Crippen LogP) is 3.60. The molecule has 0 radical (unpaired) electrons. The number of aryl methyl sites for hydroxylation is 1. The fourth-order valence-electron chi connectivity index (χ4n) is 2.23. The lowest BCUT2D eigenvalue weighted by atomic mass is 10.2. The Kier molecular flexibility index (Phi) is 5.00. The summed E-state index contributed by atoms with van der Waals surface area (Å²) in [5.74, 6) is 1.53. The number of amides is 1. The molecule has 3 rings (SSSR count). The second-order valence-corrected chi connectivity index (χ2v) is 6.17. The third-order valence-corrected chi connectivity index (χ3v) is 4.41. The van der Waals surface area contributed by atoms with Gasteiger partial charge in [0.25, 0.3) is 0 Å². The highest BCUT2D eigenvalue weighted by Gasteiger charge is 2.16. The molecule has 0 aliphatic carbocycles. The minimum Gasteiger partial charge on any atom is -0.461 e. The third kappa shape index (κ3) is 3.68. The maximum absolute atomic E-state index is 12.1. The number of nitrogens with one attached hydrogen (secondary N) is 1. The van der Waals surface area contributed by atoms with Crippen LogP contribution in [0.2, 0.25) is 0 Å². The summed E-state index contributed by atoms with van der Waals surface area (Å²) >= 11 is 1.36. The number of aromatic nitrogens is 3. The van der Waals surface area contributed by atoms with Crippen LogP contribution < -0.4 is 5.32 Å². The van der Waals surface area contributed by atoms with Crippen molar-refractivity contribution in [1.82, 2.24) is 14.8 Å². The van der Waals surface area contributed by atoms with E-state index in [0.717, 1.165) is 11.3 Å². The number of hydrogen-bond acceptors (Lipinski definition) is 5. The number of anilines is 1. The summed E-state index contributed by atoms with van der Waals surface area (Å²) in [4.78, 5) is 12.1. The topological polar surface area (TPSA) is 73.0 Å². The fraction of sp³-hybridized carbons (Fsp3) is 0.235. The first kappa shape index (κ1) is 16.3. The highest BCUT2D eigenvalue weighted by Crippen LogP contribution is 2.24. The van der Waals surface area contributed by atoms with E-state index in [1.54, 1.807) is 6.26 Å². The SMILES string of the molecule is CCn1c(SCC(=O)Nc2ccc(C)cc2)nnc1-c1ccco1. The molecule has 0 spiro atoms. The third-order valence-electron chi connectivity index (χ3n) is 3.44. The Morgan fingerprint density at radius 3 is 2.71 bits per heavy atom. The molecule has 1 amide bonds. The Balaban J connectivity index is 1.64. The number of furan rings is 1. The van der Waals surface area contributed by atoms with Gasteiger partial charge in [-0.2, -0.15) is 0 Å². The van der Waals surface area contributed by atoms with Crippen molar-refractivity contribution >= 4 is 23.4 Å². The number of benzene rings is 1. The minimum absolute atomic E-state index is 0.0749. The summed E-state index contributed by atoms with van der Waals surface area (Å²) in [6, 6.07) is 11.4. The molecule has 1 N–H and O–H groups in total. The Bertz CT molecular complexity index is 810. The Morgan fingerprint density at radius 1 is 1.25 bits per heavy atom. The van der Waals surface area contributed by atoms with Crippen LogP contribution in [-0.2, 0) is 11.3 Å². The average Bonchev–Trinajstić information content (AvgIpc) is 3.23. The van der Waals surface area contributed by atoms with Crippen molar-refractivity contribution < 1.29 is 9.21 Å². The van der Waals surface area contributed by atoms with Crippen LogP contribution in [0.4, 0.5) is 5.69 Å². The van der Waals surface area contributed by atoms with E-state index in [-0.39, 0.29) is 11.7 Å². The van der Waals surface area contributed by atoms with Crippen molar-refractivity contribution in [3.63, 3.8) is 0 Å². The van der Waals surface area contributed by atoms with Crippen LogP contribution in [0.25, 0.3) is 11.6 Å². The molecular formula is C17H18N4O2S. The standard InChI is InChI=1S/C17H18N4O2S/c1-3-21-16(14-5-4-10-23-14)19-20-17(21)24-11-15(22)18-13-8-6-12(2)7-9-13/h4-10H,3,11H2,1-2H3,(H,18,22). The first-order chi connectivity index (χ1) is 11.7. The Labute approximate surface area is 144 Å². The van der Waals surface area contributed by atoms with Crippen LogP contribution in [0.15, 0.2) is 52.2 Å². The number of carbonyl (C=O) groups excluding carboxylic acids is 1. The van der Waals surface area contributed by atoms with Crippen LogP contribution in [-0.4, -0.2) is 26.4 Å². The largest absolute Gasteiger partial charge is 0.461 e. The molecule has 6 nitrogen and oxygen atoms in total. The van der Waals surface area contributed by atoms with Gasteiger partial charge in [0.1, 0.15) is 0 Å². The van der Waals surface area contributed by atoms with Gasteiger partial charge in [-0.05, 0) is 38.1 Å². The molecule has 1 aromatic carbocycles. The van der Waals surface area contributed by atoms with Crippen molar-refractivity contribution in [1.29, 1.82) is 0 Å². The minimum atomic E-state index is -0.0749. The van der Waals surface area contributed by atoms with Crippen molar-refractivity contribution in [2.24, 2.45) is 0 Å². The van der Waals surface area contributed by atoms with Crippen LogP contribution in [0.1, 0.15) is 12.5 Å². The van der Waals surface area contributed by atoms with Gasteiger partial charge in [0, 0.05) is 12.2 Å². The number of nitrogens with zero attached hydrogens (tertiary/aromatic N) is 3. The normalized spacial score (nSPS) is 10.8. The van der Waals surface area contributed by atoms with Gasteiger partial charge in [-0.15, -0.1) is 10.2 Å². The molecule has 0 fully saturated rings. The van der Waals surface area contributed by atoms with Gasteiger partial charge < -0.3 is 9.73 Å². The van der Waals surface area contributed by atoms with Crippen LogP contribution >= 0.6 is 11.8 Å². The summed E-state index contributed by atoms with van der Waals surface area (Å²) in [5, 5.41) is 11.9. The molecule has 0 aliphatic heterocycles. The van der Waals surface area contributed by atoms with E-state index in [1.165, 1.54) is 11.8 Å². The van der Waals surface area contributed by atoms with Crippen LogP contribution in [0.5, 0.6) is 0 Å². The molecule has 0 bridgehead atoms. The molecule has 0 saturated carbocycles.